The minimum absolute atomic E-state index is 0.177. The van der Waals surface area contributed by atoms with Crippen LogP contribution >= 0.6 is 0 Å². The summed E-state index contributed by atoms with van der Waals surface area (Å²) in [4.78, 5) is 0. The highest BCUT2D eigenvalue weighted by Crippen LogP contribution is 2.57. The van der Waals surface area contributed by atoms with E-state index in [0.717, 1.165) is 24.9 Å². The molecular weight excluding hydrogens is 244 g/mol. The summed E-state index contributed by atoms with van der Waals surface area (Å²) in [6.07, 6.45) is 5.83. The van der Waals surface area contributed by atoms with Gasteiger partial charge in [0.1, 0.15) is 11.6 Å². The van der Waals surface area contributed by atoms with Gasteiger partial charge in [0, 0.05) is 12.6 Å². The van der Waals surface area contributed by atoms with Gasteiger partial charge in [0.25, 0.3) is 0 Å². The summed E-state index contributed by atoms with van der Waals surface area (Å²) in [5, 5.41) is 3.29. The Morgan fingerprint density at radius 3 is 2.74 bits per heavy atom. The molecule has 0 radical (unpaired) electrons. The van der Waals surface area contributed by atoms with Crippen molar-refractivity contribution < 1.29 is 8.78 Å². The maximum absolute atomic E-state index is 13.9. The van der Waals surface area contributed by atoms with E-state index in [9.17, 15) is 8.78 Å². The lowest BCUT2D eigenvalue weighted by atomic mass is 9.69. The number of nitrogens with one attached hydrogen (secondary N) is 1. The normalized spacial score (nSPS) is 33.0. The van der Waals surface area contributed by atoms with Gasteiger partial charge in [-0.15, -0.1) is 0 Å². The molecule has 1 aromatic rings. The van der Waals surface area contributed by atoms with Gasteiger partial charge >= 0.3 is 0 Å². The zero-order chi connectivity index (χ0) is 13.5. The lowest BCUT2D eigenvalue weighted by molar-refractivity contribution is 0.158. The molecule has 0 spiro atoms. The third kappa shape index (κ3) is 2.29. The van der Waals surface area contributed by atoms with Gasteiger partial charge < -0.3 is 5.32 Å². The quantitative estimate of drug-likeness (QED) is 0.878. The summed E-state index contributed by atoms with van der Waals surface area (Å²) in [5.41, 5.74) is 0.847. The summed E-state index contributed by atoms with van der Waals surface area (Å²) in [7, 11) is 1.97. The third-order valence-corrected chi connectivity index (χ3v) is 5.19. The van der Waals surface area contributed by atoms with Crippen molar-refractivity contribution in [2.75, 3.05) is 13.6 Å². The Morgan fingerprint density at radius 2 is 2.16 bits per heavy atom. The molecule has 2 aliphatic rings. The maximum Gasteiger partial charge on any atom is 0.129 e. The number of fused-ring (bicyclic) bond motifs is 2. The molecule has 2 aliphatic carbocycles. The van der Waals surface area contributed by atoms with Crippen LogP contribution in [-0.2, 0) is 6.42 Å². The molecule has 1 N–H and O–H groups in total. The van der Waals surface area contributed by atoms with E-state index in [4.69, 9.17) is 0 Å². The molecule has 1 nitrogen and oxygen atoms in total. The summed E-state index contributed by atoms with van der Waals surface area (Å²) in [6, 6.07) is 4.00. The highest BCUT2D eigenvalue weighted by Gasteiger charge is 2.50. The van der Waals surface area contributed by atoms with E-state index in [1.54, 1.807) is 6.07 Å². The molecule has 2 bridgehead atoms. The van der Waals surface area contributed by atoms with Gasteiger partial charge in [-0.3, -0.25) is 0 Å². The Kier molecular flexibility index (Phi) is 3.34. The van der Waals surface area contributed by atoms with Gasteiger partial charge in [0.15, 0.2) is 0 Å². The third-order valence-electron chi connectivity index (χ3n) is 5.19. The largest absolute Gasteiger partial charge is 0.319 e. The van der Waals surface area contributed by atoms with Crippen LogP contribution in [0.4, 0.5) is 8.78 Å². The van der Waals surface area contributed by atoms with Crippen LogP contribution in [0.15, 0.2) is 18.2 Å². The topological polar surface area (TPSA) is 12.0 Å². The Morgan fingerprint density at radius 1 is 1.32 bits per heavy atom. The summed E-state index contributed by atoms with van der Waals surface area (Å²) in [6.45, 7) is 0.935. The zero-order valence-electron chi connectivity index (χ0n) is 11.4. The van der Waals surface area contributed by atoms with Crippen LogP contribution in [0.3, 0.4) is 0 Å². The van der Waals surface area contributed by atoms with E-state index in [2.05, 4.69) is 5.32 Å². The second-order valence-corrected chi connectivity index (χ2v) is 6.39. The van der Waals surface area contributed by atoms with Crippen LogP contribution in [0.5, 0.6) is 0 Å². The molecule has 0 saturated heterocycles. The second-order valence-electron chi connectivity index (χ2n) is 6.39. The average molecular weight is 265 g/mol. The number of rotatable bonds is 4. The van der Waals surface area contributed by atoms with Crippen LogP contribution in [0, 0.1) is 28.9 Å². The fourth-order valence-corrected chi connectivity index (χ4v) is 4.45. The lowest BCUT2D eigenvalue weighted by Gasteiger charge is -2.38. The standard InChI is InChI=1S/C16H21F2N/c1-19-10-16(8-11-2-4-13(16)6-11)9-12-3-5-14(17)7-15(12)18/h3,5,7,11,13,19H,2,4,6,8-10H2,1H3. The summed E-state index contributed by atoms with van der Waals surface area (Å²) >= 11 is 0. The van der Waals surface area contributed by atoms with Crippen LogP contribution in [0.25, 0.3) is 0 Å². The number of halogens is 2. The highest BCUT2D eigenvalue weighted by atomic mass is 19.1. The Hall–Kier alpha value is -0.960. The van der Waals surface area contributed by atoms with Crippen molar-refractivity contribution in [3.05, 3.63) is 35.4 Å². The molecule has 0 amide bonds. The van der Waals surface area contributed by atoms with E-state index in [0.29, 0.717) is 11.5 Å². The van der Waals surface area contributed by atoms with Crippen molar-refractivity contribution in [2.24, 2.45) is 17.3 Å². The van der Waals surface area contributed by atoms with Crippen molar-refractivity contribution in [2.45, 2.75) is 32.1 Å². The van der Waals surface area contributed by atoms with Crippen molar-refractivity contribution in [1.82, 2.24) is 5.32 Å². The Bertz CT molecular complexity index is 474. The first-order chi connectivity index (χ1) is 9.13. The summed E-state index contributed by atoms with van der Waals surface area (Å²) in [5.74, 6) is 0.645. The fraction of sp³-hybridized carbons (Fsp3) is 0.625. The van der Waals surface area contributed by atoms with Crippen molar-refractivity contribution >= 4 is 0 Å². The molecule has 0 aromatic heterocycles. The predicted octanol–water partition coefficient (Wildman–Crippen LogP) is 3.53. The molecule has 3 atom stereocenters. The van der Waals surface area contributed by atoms with E-state index >= 15 is 0 Å². The van der Waals surface area contributed by atoms with Crippen molar-refractivity contribution in [3.8, 4) is 0 Å². The minimum Gasteiger partial charge on any atom is -0.319 e. The molecule has 2 saturated carbocycles. The van der Waals surface area contributed by atoms with Gasteiger partial charge in [0.05, 0.1) is 0 Å². The fourth-order valence-electron chi connectivity index (χ4n) is 4.45. The molecule has 3 rings (SSSR count). The van der Waals surface area contributed by atoms with E-state index in [-0.39, 0.29) is 5.41 Å². The van der Waals surface area contributed by atoms with E-state index in [1.165, 1.54) is 31.7 Å². The smallest absolute Gasteiger partial charge is 0.129 e. The van der Waals surface area contributed by atoms with Crippen molar-refractivity contribution in [3.63, 3.8) is 0 Å². The molecular formula is C16H21F2N. The molecule has 3 unspecified atom stereocenters. The number of hydrogen-bond acceptors (Lipinski definition) is 1. The monoisotopic (exact) mass is 265 g/mol. The molecule has 0 heterocycles. The minimum atomic E-state index is -0.489. The van der Waals surface area contributed by atoms with Crippen LogP contribution in [-0.4, -0.2) is 13.6 Å². The van der Waals surface area contributed by atoms with Crippen molar-refractivity contribution in [1.29, 1.82) is 0 Å². The zero-order valence-corrected chi connectivity index (χ0v) is 11.4. The lowest BCUT2D eigenvalue weighted by Crippen LogP contribution is -2.39. The van der Waals surface area contributed by atoms with Crippen LogP contribution in [0.2, 0.25) is 0 Å². The highest BCUT2D eigenvalue weighted by molar-refractivity contribution is 5.22. The summed E-state index contributed by atoms with van der Waals surface area (Å²) < 4.78 is 26.9. The first-order valence-electron chi connectivity index (χ1n) is 7.21. The first kappa shape index (κ1) is 13.0. The number of hydrogen-bond donors (Lipinski definition) is 1. The molecule has 2 fully saturated rings. The average Bonchev–Trinajstić information content (AvgIpc) is 2.94. The van der Waals surface area contributed by atoms with Crippen LogP contribution in [0.1, 0.15) is 31.2 Å². The van der Waals surface area contributed by atoms with E-state index < -0.39 is 11.6 Å². The Labute approximate surface area is 113 Å². The molecule has 0 aliphatic heterocycles. The molecule has 1 aromatic carbocycles. The number of benzene rings is 1. The second kappa shape index (κ2) is 4.86. The molecule has 3 heteroatoms. The van der Waals surface area contributed by atoms with Gasteiger partial charge in [-0.05, 0) is 61.6 Å². The van der Waals surface area contributed by atoms with Crippen LogP contribution < -0.4 is 5.32 Å². The first-order valence-corrected chi connectivity index (χ1v) is 7.21. The van der Waals surface area contributed by atoms with E-state index in [1.807, 2.05) is 7.05 Å². The SMILES string of the molecule is CNCC1(Cc2ccc(F)cc2F)CC2CCC1C2. The molecule has 19 heavy (non-hydrogen) atoms. The van der Waals surface area contributed by atoms with Gasteiger partial charge in [-0.2, -0.15) is 0 Å². The Balaban J connectivity index is 1.86. The van der Waals surface area contributed by atoms with Gasteiger partial charge in [-0.25, -0.2) is 8.78 Å². The predicted molar refractivity (Wildman–Crippen MR) is 71.9 cm³/mol. The van der Waals surface area contributed by atoms with Gasteiger partial charge in [-0.1, -0.05) is 12.5 Å². The maximum atomic E-state index is 13.9. The van der Waals surface area contributed by atoms with Gasteiger partial charge in [0.2, 0.25) is 0 Å². The molecule has 104 valence electrons.